The lowest BCUT2D eigenvalue weighted by atomic mass is 9.73. The lowest BCUT2D eigenvalue weighted by molar-refractivity contribution is -0.160. The molecule has 0 aromatic heterocycles. The van der Waals surface area contributed by atoms with Gasteiger partial charge in [0.05, 0.1) is 18.7 Å². The Labute approximate surface area is 155 Å². The number of nitrogens with zero attached hydrogens (tertiary/aromatic N) is 2. The molecule has 0 radical (unpaired) electrons. The lowest BCUT2D eigenvalue weighted by Gasteiger charge is -2.54. The van der Waals surface area contributed by atoms with E-state index >= 15 is 0 Å². The molecule has 0 spiro atoms. The minimum Gasteiger partial charge on any atom is -0.368 e. The number of hydroxylamine groups is 1. The highest BCUT2D eigenvalue weighted by molar-refractivity contribution is 5.82. The number of piperazine rings is 1. The average Bonchev–Trinajstić information content (AvgIpc) is 3.33. The minimum atomic E-state index is -0.288. The van der Waals surface area contributed by atoms with Gasteiger partial charge in [0.1, 0.15) is 6.10 Å². The SMILES string of the molecule is CC(=O)N1C2CCC(C3CNOC3)CC2N(C(=O)C2CCCO2)C[C@@H]1C. The van der Waals surface area contributed by atoms with E-state index in [1.165, 1.54) is 0 Å². The molecule has 0 aromatic rings. The molecular weight excluding hydrogens is 334 g/mol. The number of fused-ring (bicyclic) bond motifs is 1. The summed E-state index contributed by atoms with van der Waals surface area (Å²) in [5, 5.41) is 0. The number of amides is 2. The zero-order valence-electron chi connectivity index (χ0n) is 15.9. The van der Waals surface area contributed by atoms with Gasteiger partial charge in [0, 0.05) is 38.6 Å². The molecule has 1 aliphatic carbocycles. The van der Waals surface area contributed by atoms with Crippen LogP contribution in [-0.4, -0.2) is 72.1 Å². The van der Waals surface area contributed by atoms with Crippen molar-refractivity contribution in [1.82, 2.24) is 15.3 Å². The first kappa shape index (κ1) is 18.2. The maximum Gasteiger partial charge on any atom is 0.252 e. The highest BCUT2D eigenvalue weighted by Gasteiger charge is 2.48. The number of nitrogens with one attached hydrogen (secondary N) is 1. The highest BCUT2D eigenvalue weighted by atomic mass is 16.7. The van der Waals surface area contributed by atoms with Gasteiger partial charge in [-0.1, -0.05) is 0 Å². The third-order valence-corrected chi connectivity index (χ3v) is 6.78. The van der Waals surface area contributed by atoms with Gasteiger partial charge in [-0.3, -0.25) is 9.59 Å². The van der Waals surface area contributed by atoms with Crippen LogP contribution in [-0.2, 0) is 19.2 Å². The molecule has 26 heavy (non-hydrogen) atoms. The fraction of sp³-hybridized carbons (Fsp3) is 0.895. The Morgan fingerprint density at radius 2 is 1.96 bits per heavy atom. The number of rotatable bonds is 2. The van der Waals surface area contributed by atoms with Crippen molar-refractivity contribution < 1.29 is 19.2 Å². The van der Waals surface area contributed by atoms with Crippen molar-refractivity contribution in [3.63, 3.8) is 0 Å². The smallest absolute Gasteiger partial charge is 0.252 e. The molecule has 4 fully saturated rings. The summed E-state index contributed by atoms with van der Waals surface area (Å²) in [5.41, 5.74) is 2.99. The first-order chi connectivity index (χ1) is 12.6. The normalized spacial score (nSPS) is 40.5. The summed E-state index contributed by atoms with van der Waals surface area (Å²) in [6.07, 6.45) is 4.50. The van der Waals surface area contributed by atoms with Crippen LogP contribution in [0.1, 0.15) is 46.0 Å². The molecule has 1 saturated carbocycles. The molecule has 3 aliphatic heterocycles. The molecule has 4 rings (SSSR count). The van der Waals surface area contributed by atoms with Gasteiger partial charge in [-0.15, -0.1) is 0 Å². The summed E-state index contributed by atoms with van der Waals surface area (Å²) >= 11 is 0. The Hall–Kier alpha value is -1.18. The molecule has 146 valence electrons. The molecule has 2 amide bonds. The second kappa shape index (κ2) is 7.44. The zero-order chi connectivity index (χ0) is 18.3. The lowest BCUT2D eigenvalue weighted by Crippen LogP contribution is -2.68. The predicted octanol–water partition coefficient (Wildman–Crippen LogP) is 0.933. The Balaban J connectivity index is 1.56. The van der Waals surface area contributed by atoms with Crippen LogP contribution in [0.3, 0.4) is 0 Å². The monoisotopic (exact) mass is 365 g/mol. The van der Waals surface area contributed by atoms with Crippen LogP contribution < -0.4 is 5.48 Å². The van der Waals surface area contributed by atoms with Gasteiger partial charge < -0.3 is 19.4 Å². The van der Waals surface area contributed by atoms with Crippen LogP contribution in [0.2, 0.25) is 0 Å². The second-order valence-corrected chi connectivity index (χ2v) is 8.39. The molecule has 1 N–H and O–H groups in total. The van der Waals surface area contributed by atoms with E-state index in [-0.39, 0.29) is 36.0 Å². The zero-order valence-corrected chi connectivity index (χ0v) is 15.9. The molecule has 7 nitrogen and oxygen atoms in total. The largest absolute Gasteiger partial charge is 0.368 e. The Morgan fingerprint density at radius 1 is 1.12 bits per heavy atom. The summed E-state index contributed by atoms with van der Waals surface area (Å²) in [6, 6.07) is 0.298. The van der Waals surface area contributed by atoms with Crippen molar-refractivity contribution in [3.05, 3.63) is 0 Å². The molecule has 0 bridgehead atoms. The Morgan fingerprint density at radius 3 is 2.62 bits per heavy atom. The molecule has 3 saturated heterocycles. The van der Waals surface area contributed by atoms with E-state index in [0.29, 0.717) is 25.0 Å². The fourth-order valence-electron chi connectivity index (χ4n) is 5.53. The third-order valence-electron chi connectivity index (χ3n) is 6.78. The van der Waals surface area contributed by atoms with Crippen molar-refractivity contribution >= 4 is 11.8 Å². The average molecular weight is 365 g/mol. The number of hydrogen-bond donors (Lipinski definition) is 1. The molecule has 3 heterocycles. The van der Waals surface area contributed by atoms with E-state index < -0.39 is 0 Å². The van der Waals surface area contributed by atoms with Crippen molar-refractivity contribution in [2.24, 2.45) is 11.8 Å². The second-order valence-electron chi connectivity index (χ2n) is 8.39. The summed E-state index contributed by atoms with van der Waals surface area (Å²) in [4.78, 5) is 34.9. The number of carbonyl (C=O) groups excluding carboxylic acids is 2. The summed E-state index contributed by atoms with van der Waals surface area (Å²) < 4.78 is 5.68. The van der Waals surface area contributed by atoms with Gasteiger partial charge >= 0.3 is 0 Å². The first-order valence-corrected chi connectivity index (χ1v) is 10.1. The summed E-state index contributed by atoms with van der Waals surface area (Å²) in [6.45, 7) is 6.65. The van der Waals surface area contributed by atoms with Gasteiger partial charge in [0.2, 0.25) is 5.91 Å². The van der Waals surface area contributed by atoms with Gasteiger partial charge in [-0.2, -0.15) is 0 Å². The Bertz CT molecular complexity index is 545. The number of carbonyl (C=O) groups is 2. The van der Waals surface area contributed by atoms with Crippen molar-refractivity contribution in [2.45, 2.75) is 70.2 Å². The van der Waals surface area contributed by atoms with Gasteiger partial charge in [-0.05, 0) is 44.9 Å². The van der Waals surface area contributed by atoms with E-state index in [4.69, 9.17) is 9.57 Å². The van der Waals surface area contributed by atoms with Crippen LogP contribution >= 0.6 is 0 Å². The van der Waals surface area contributed by atoms with Crippen LogP contribution in [0.5, 0.6) is 0 Å². The molecule has 0 aromatic carbocycles. The van der Waals surface area contributed by atoms with Gasteiger partial charge in [0.15, 0.2) is 0 Å². The van der Waals surface area contributed by atoms with Crippen LogP contribution in [0.4, 0.5) is 0 Å². The fourth-order valence-corrected chi connectivity index (χ4v) is 5.53. The third kappa shape index (κ3) is 3.25. The molecular formula is C19H31N3O4. The van der Waals surface area contributed by atoms with Crippen LogP contribution in [0.15, 0.2) is 0 Å². The first-order valence-electron chi connectivity index (χ1n) is 10.1. The van der Waals surface area contributed by atoms with Crippen molar-refractivity contribution in [3.8, 4) is 0 Å². The van der Waals surface area contributed by atoms with Gasteiger partial charge in [0.25, 0.3) is 5.91 Å². The summed E-state index contributed by atoms with van der Waals surface area (Å²) in [5.74, 6) is 1.30. The molecule has 5 unspecified atom stereocenters. The summed E-state index contributed by atoms with van der Waals surface area (Å²) in [7, 11) is 0. The molecule has 7 heteroatoms. The van der Waals surface area contributed by atoms with Crippen LogP contribution in [0, 0.1) is 11.8 Å². The van der Waals surface area contributed by atoms with E-state index in [1.807, 2.05) is 4.90 Å². The van der Waals surface area contributed by atoms with Crippen molar-refractivity contribution in [1.29, 1.82) is 0 Å². The quantitative estimate of drug-likeness (QED) is 0.788. The minimum absolute atomic E-state index is 0.0622. The van der Waals surface area contributed by atoms with E-state index in [1.54, 1.807) is 6.92 Å². The van der Waals surface area contributed by atoms with Crippen molar-refractivity contribution in [2.75, 3.05) is 26.3 Å². The maximum absolute atomic E-state index is 13.2. The van der Waals surface area contributed by atoms with E-state index in [2.05, 4.69) is 17.3 Å². The maximum atomic E-state index is 13.2. The molecule has 6 atom stereocenters. The topological polar surface area (TPSA) is 71.1 Å². The van der Waals surface area contributed by atoms with Crippen LogP contribution in [0.25, 0.3) is 0 Å². The van der Waals surface area contributed by atoms with E-state index in [0.717, 1.165) is 45.3 Å². The van der Waals surface area contributed by atoms with Gasteiger partial charge in [-0.25, -0.2) is 5.48 Å². The number of ether oxygens (including phenoxy) is 1. The standard InChI is InChI=1S/C19H31N3O4/c1-12-10-21(19(24)18-4-3-7-25-18)17-8-14(15-9-20-26-11-15)5-6-16(17)22(12)13(2)23/h12,14-18,20H,3-11H2,1-2H3/t12-,14?,15?,16?,17?,18?/m0/s1. The number of hydrogen-bond acceptors (Lipinski definition) is 5. The molecule has 4 aliphatic rings. The van der Waals surface area contributed by atoms with E-state index in [9.17, 15) is 9.59 Å². The highest BCUT2D eigenvalue weighted by Crippen LogP contribution is 2.39. The predicted molar refractivity (Wildman–Crippen MR) is 95.0 cm³/mol. The Kier molecular flexibility index (Phi) is 5.21.